The van der Waals surface area contributed by atoms with E-state index in [2.05, 4.69) is 91.9 Å². The molecule has 9 radical (unpaired) electrons. The van der Waals surface area contributed by atoms with Crippen LogP contribution in [0, 0.1) is 0 Å². The van der Waals surface area contributed by atoms with Crippen molar-refractivity contribution in [2.45, 2.75) is 242 Å². The van der Waals surface area contributed by atoms with Crippen LogP contribution in [0.15, 0.2) is 57.6 Å². The molecule has 0 fully saturated rings. The van der Waals surface area contributed by atoms with E-state index in [4.69, 9.17) is 15.3 Å². The zero-order chi connectivity index (χ0) is 83.4. The fourth-order valence-electron chi connectivity index (χ4n) is 8.64. The van der Waals surface area contributed by atoms with Gasteiger partial charge in [-0.05, 0) is 110 Å². The Kier molecular flexibility index (Phi) is 131. The summed E-state index contributed by atoms with van der Waals surface area (Å²) in [4.78, 5) is 54.7. The minimum Gasteiger partial charge on any atom is -0.389 e. The van der Waals surface area contributed by atoms with Gasteiger partial charge in [-0.2, -0.15) is 0 Å². The summed E-state index contributed by atoms with van der Waals surface area (Å²) >= 11 is 0. The maximum Gasteiger partial charge on any atom is 0.132 e. The molecule has 7 atom stereocenters. The SMILES string of the molecule is C=CC(O)C(=NCC)N(C)C.CC(C)N=C(C(C)O)N(C)C.CC(C)N=C(CO)N(C)C.CCC(O)C(=NC(C)C)N(C)C.CCN=C(C(C)O)N(C)C.CCN=C(C(O)CC)N(C)C.CCN=C(C(O)[Si](C)(C)C)N(C)C.CCN=C(C(O)[Si](CC)(CC)CC)N(C)C.CCN=C(CO)N(C)C.[Co].[Co].[Co].[Co].[Co].[Co].[Co].[Co].[Co]. The van der Waals surface area contributed by atoms with Crippen LogP contribution in [0.2, 0.25) is 37.8 Å². The van der Waals surface area contributed by atoms with Crippen molar-refractivity contribution in [1.29, 1.82) is 0 Å². The van der Waals surface area contributed by atoms with Crippen molar-refractivity contribution >= 4 is 68.7 Å². The second-order valence-corrected chi connectivity index (χ2v) is 38.4. The van der Waals surface area contributed by atoms with E-state index in [9.17, 15) is 30.6 Å². The summed E-state index contributed by atoms with van der Waals surface area (Å²) in [6.07, 6.45) is 0.467. The van der Waals surface area contributed by atoms with Crippen LogP contribution >= 0.6 is 0 Å². The number of aliphatic imine (C=N–C) groups is 9. The van der Waals surface area contributed by atoms with E-state index in [0.29, 0.717) is 18.8 Å². The third-order valence-electron chi connectivity index (χ3n) is 14.3. The number of aliphatic hydroxyl groups excluding tert-OH is 9. The molecule has 0 aromatic carbocycles. The molecule has 0 aliphatic rings. The summed E-state index contributed by atoms with van der Waals surface area (Å²) in [6, 6.07) is 4.10. The maximum absolute atomic E-state index is 10.6. The molecule has 0 saturated heterocycles. The molecule has 0 aromatic heterocycles. The average molecular weight is 2040 g/mol. The molecule has 0 saturated carbocycles. The quantitative estimate of drug-likeness (QED) is 0.0177. The maximum atomic E-state index is 10.6. The molecule has 697 valence electrons. The van der Waals surface area contributed by atoms with Gasteiger partial charge < -0.3 is 90.1 Å². The monoisotopic (exact) mass is 2040 g/mol. The number of likely N-dealkylation sites (N-methyl/N-ethyl adjacent to an activating group) is 9. The molecular formula is C74H168Co9N18O9Si2. The predicted molar refractivity (Wildman–Crippen MR) is 458 cm³/mol. The van der Waals surface area contributed by atoms with Crippen molar-refractivity contribution in [3.8, 4) is 0 Å². The van der Waals surface area contributed by atoms with Gasteiger partial charge in [-0.25, -0.2) is 0 Å². The molecule has 0 aliphatic carbocycles. The Balaban J connectivity index is -0.0000000551. The van der Waals surface area contributed by atoms with Gasteiger partial charge in [0.05, 0.1) is 21.9 Å². The topological polar surface area (TPSA) is 322 Å². The van der Waals surface area contributed by atoms with Crippen molar-refractivity contribution in [2.75, 3.05) is 179 Å². The fraction of sp³-hybridized carbons (Fsp3) is 0.851. The first-order chi connectivity index (χ1) is 47.4. The third-order valence-corrected chi connectivity index (χ3v) is 21.8. The minimum absolute atomic E-state index is 0. The predicted octanol–water partition coefficient (Wildman–Crippen LogP) is 7.32. The Bertz CT molecular complexity index is 2320. The molecule has 0 amide bonds. The Morgan fingerprint density at radius 2 is 0.554 bits per heavy atom. The van der Waals surface area contributed by atoms with E-state index in [1.54, 1.807) is 18.7 Å². The normalized spacial score (nSPS) is 13.4. The third kappa shape index (κ3) is 83.3. The summed E-state index contributed by atoms with van der Waals surface area (Å²) in [6.45, 7) is 52.0. The molecule has 112 heavy (non-hydrogen) atoms. The molecule has 9 N–H and O–H groups in total. The molecule has 7 unspecified atom stereocenters. The number of hydrogen-bond donors (Lipinski definition) is 9. The molecule has 27 nitrogen and oxygen atoms in total. The summed E-state index contributed by atoms with van der Waals surface area (Å²) in [5, 5.41) is 84.8. The second-order valence-electron chi connectivity index (χ2n) is 27.7. The van der Waals surface area contributed by atoms with Gasteiger partial charge in [-0.1, -0.05) is 78.5 Å². The van der Waals surface area contributed by atoms with Gasteiger partial charge in [-0.15, -0.1) is 6.58 Å². The summed E-state index contributed by atoms with van der Waals surface area (Å²) in [5.74, 6) is 6.83. The Labute approximate surface area is 781 Å². The number of nitrogens with zero attached hydrogens (tertiary/aromatic N) is 18. The number of amidine groups is 9. The van der Waals surface area contributed by atoms with E-state index >= 15 is 0 Å². The van der Waals surface area contributed by atoms with Gasteiger partial charge >= 0.3 is 0 Å². The summed E-state index contributed by atoms with van der Waals surface area (Å²) in [7, 11) is 30.9. The van der Waals surface area contributed by atoms with E-state index in [-0.39, 0.29) is 194 Å². The van der Waals surface area contributed by atoms with Crippen LogP contribution in [-0.2, 0) is 151 Å². The van der Waals surface area contributed by atoms with E-state index < -0.39 is 46.7 Å². The van der Waals surface area contributed by atoms with E-state index in [0.717, 1.165) is 104 Å². The van der Waals surface area contributed by atoms with Gasteiger partial charge in [0.25, 0.3) is 0 Å². The molecule has 0 bridgehead atoms. The summed E-state index contributed by atoms with van der Waals surface area (Å²) < 4.78 is 0. The number of aliphatic hydroxyl groups is 9. The average Bonchev–Trinajstić information content (AvgIpc) is 0.822. The van der Waals surface area contributed by atoms with Gasteiger partial charge in [-0.3, -0.25) is 44.9 Å². The van der Waals surface area contributed by atoms with Crippen molar-refractivity contribution in [3.63, 3.8) is 0 Å². The van der Waals surface area contributed by atoms with Crippen molar-refractivity contribution < 1.29 is 197 Å². The zero-order valence-corrected chi connectivity index (χ0v) is 88.2. The van der Waals surface area contributed by atoms with E-state index in [1.165, 1.54) is 6.08 Å². The molecule has 0 rings (SSSR count). The molecule has 38 heteroatoms. The van der Waals surface area contributed by atoms with Crippen LogP contribution in [0.4, 0.5) is 0 Å². The first-order valence-corrected chi connectivity index (χ1v) is 43.3. The van der Waals surface area contributed by atoms with Crippen molar-refractivity contribution in [1.82, 2.24) is 44.1 Å². The molecule has 0 heterocycles. The summed E-state index contributed by atoms with van der Waals surface area (Å²) in [5.41, 5.74) is -0.676. The first kappa shape index (κ1) is 156. The minimum atomic E-state index is -1.60. The molecule has 0 aromatic rings. The van der Waals surface area contributed by atoms with Gasteiger partial charge in [0, 0.05) is 335 Å². The van der Waals surface area contributed by atoms with Crippen LogP contribution in [0.1, 0.15) is 144 Å². The molecule has 0 aliphatic heterocycles. The number of rotatable bonds is 26. The molecular weight excluding hydrogens is 1870 g/mol. The van der Waals surface area contributed by atoms with Crippen LogP contribution in [0.3, 0.4) is 0 Å². The van der Waals surface area contributed by atoms with Crippen LogP contribution in [0.5, 0.6) is 0 Å². The smallest absolute Gasteiger partial charge is 0.132 e. The van der Waals surface area contributed by atoms with Crippen LogP contribution in [0.25, 0.3) is 0 Å². The van der Waals surface area contributed by atoms with Crippen molar-refractivity contribution in [3.05, 3.63) is 12.7 Å². The van der Waals surface area contributed by atoms with Gasteiger partial charge in [0.1, 0.15) is 102 Å². The van der Waals surface area contributed by atoms with Crippen LogP contribution in [-0.4, -0.2) is 398 Å². The first-order valence-electron chi connectivity index (χ1n) is 37.0. The van der Waals surface area contributed by atoms with Gasteiger partial charge in [0.2, 0.25) is 0 Å². The Morgan fingerprint density at radius 1 is 0.312 bits per heavy atom. The van der Waals surface area contributed by atoms with Crippen LogP contribution < -0.4 is 0 Å². The molecule has 0 spiro atoms. The Hall–Kier alpha value is -0.398. The zero-order valence-electron chi connectivity index (χ0n) is 76.8. The largest absolute Gasteiger partial charge is 0.389 e. The standard InChI is InChI=1S/C12H28N2OSi.C9H22N2OSi.C9H20N2O.2C8H18N2O.C8H16N2O.2C7H16N2O.C6H14N2O.9Co/c1-7-13-11(14(5)6)12(15)16(8-2,9-3)10-4;1-7-10-8(11(2)3)9(12)13(4,5)6;1-6-8(12)9(11(4)5)10-7(2)3;1-6(2)9-8(7(3)11)10(4)5;2*1-5-7(11)8(9-6-2)10(3)4;1-6(2)8-7(5-10)9(3)4;1-5-8-7(6(2)10)9(3)4;1-4-7-6(5-9)8(2)3;;;;;;;;;/h12,15H,7-10H2,1-6H3;9,12H,7H2,1-6H3;7-8,12H,6H2,1-5H3;6-7,11H,1-5H3;7,11H,5-6H2,1-4H3;5,7,11H,1,6H2,2-4H3;2*6,10H,5H2,1-4H3;9H,4-5H2,1-3H3;;;;;;;;;. The number of hydrogen-bond acceptors (Lipinski definition) is 18. The fourth-order valence-corrected chi connectivity index (χ4v) is 13.3. The van der Waals surface area contributed by atoms with E-state index in [1.807, 2.05) is 263 Å². The van der Waals surface area contributed by atoms with Gasteiger partial charge in [0.15, 0.2) is 0 Å². The van der Waals surface area contributed by atoms with Crippen molar-refractivity contribution in [2.24, 2.45) is 44.9 Å². The second kappa shape index (κ2) is 94.5. The Morgan fingerprint density at radius 3 is 0.723 bits per heavy atom.